The summed E-state index contributed by atoms with van der Waals surface area (Å²) in [5, 5.41) is 4.07. The van der Waals surface area contributed by atoms with E-state index in [0.717, 1.165) is 0 Å². The van der Waals surface area contributed by atoms with Crippen molar-refractivity contribution in [2.24, 2.45) is 4.99 Å². The summed E-state index contributed by atoms with van der Waals surface area (Å²) >= 11 is 0. The van der Waals surface area contributed by atoms with Gasteiger partial charge in [0.25, 0.3) is 11.8 Å². The number of benzene rings is 2. The molecule has 1 aliphatic heterocycles. The summed E-state index contributed by atoms with van der Waals surface area (Å²) in [7, 11) is 1.53. The van der Waals surface area contributed by atoms with Crippen LogP contribution in [-0.4, -0.2) is 30.8 Å². The van der Waals surface area contributed by atoms with E-state index in [2.05, 4.69) is 15.7 Å². The van der Waals surface area contributed by atoms with Gasteiger partial charge in [-0.15, -0.1) is 0 Å². The van der Waals surface area contributed by atoms with Gasteiger partial charge in [-0.1, -0.05) is 30.3 Å². The highest BCUT2D eigenvalue weighted by Gasteiger charge is 2.30. The van der Waals surface area contributed by atoms with Gasteiger partial charge in [0.05, 0.1) is 18.5 Å². The lowest BCUT2D eigenvalue weighted by molar-refractivity contribution is -0.120. The number of amidine groups is 1. The van der Waals surface area contributed by atoms with E-state index in [1.165, 1.54) is 12.1 Å². The number of amides is 2. The Balaban J connectivity index is 1.83. The van der Waals surface area contributed by atoms with Crippen LogP contribution in [0.5, 0.6) is 5.75 Å². The predicted molar refractivity (Wildman–Crippen MR) is 95.6 cm³/mol. The van der Waals surface area contributed by atoms with Crippen molar-refractivity contribution in [3.63, 3.8) is 0 Å². The first-order valence-corrected chi connectivity index (χ1v) is 7.78. The van der Waals surface area contributed by atoms with Gasteiger partial charge < -0.3 is 10.1 Å². The van der Waals surface area contributed by atoms with Gasteiger partial charge in [0.2, 0.25) is 5.84 Å². The molecule has 1 heterocycles. The minimum absolute atomic E-state index is 0.0573. The smallest absolute Gasteiger partial charge is 0.292 e. The van der Waals surface area contributed by atoms with Crippen LogP contribution in [0.15, 0.2) is 59.6 Å². The van der Waals surface area contributed by atoms with Crippen LogP contribution in [0.25, 0.3) is 0 Å². The second-order valence-corrected chi connectivity index (χ2v) is 5.43. The van der Waals surface area contributed by atoms with Crippen LogP contribution in [0.2, 0.25) is 0 Å². The molecule has 0 aromatic heterocycles. The number of ether oxygens (including phenoxy) is 1. The summed E-state index contributed by atoms with van der Waals surface area (Å²) in [5.74, 6) is -0.0945. The summed E-state index contributed by atoms with van der Waals surface area (Å²) in [6.45, 7) is 1.65. The summed E-state index contributed by atoms with van der Waals surface area (Å²) in [6.07, 6.45) is 0. The highest BCUT2D eigenvalue weighted by Crippen LogP contribution is 2.23. The van der Waals surface area contributed by atoms with E-state index in [-0.39, 0.29) is 11.7 Å². The monoisotopic (exact) mass is 338 g/mol. The fraction of sp³-hybridized carbons (Fsp3) is 0.167. The van der Waals surface area contributed by atoms with Crippen molar-refractivity contribution in [2.75, 3.05) is 17.4 Å². The molecule has 7 nitrogen and oxygen atoms in total. The van der Waals surface area contributed by atoms with E-state index in [1.807, 2.05) is 24.3 Å². The first kappa shape index (κ1) is 16.5. The zero-order chi connectivity index (χ0) is 17.8. The number of para-hydroxylation sites is 3. The molecule has 0 saturated carbocycles. The molecular weight excluding hydrogens is 320 g/mol. The number of methoxy groups -OCH3 is 1. The highest BCUT2D eigenvalue weighted by atomic mass is 16.5. The Morgan fingerprint density at radius 2 is 1.84 bits per heavy atom. The van der Waals surface area contributed by atoms with Gasteiger partial charge in [-0.25, -0.2) is 10.0 Å². The summed E-state index contributed by atoms with van der Waals surface area (Å²) in [6, 6.07) is 15.4. The van der Waals surface area contributed by atoms with Crippen LogP contribution in [0.4, 0.5) is 11.4 Å². The van der Waals surface area contributed by atoms with Crippen molar-refractivity contribution in [2.45, 2.75) is 13.0 Å². The third kappa shape index (κ3) is 3.45. The number of carbonyl (C=O) groups excluding carboxylic acids is 2. The van der Waals surface area contributed by atoms with Gasteiger partial charge >= 0.3 is 0 Å². The Bertz CT molecular complexity index is 820. The number of hydrogen-bond acceptors (Lipinski definition) is 5. The Morgan fingerprint density at radius 3 is 2.56 bits per heavy atom. The van der Waals surface area contributed by atoms with Crippen LogP contribution in [0.1, 0.15) is 6.92 Å². The Hall–Kier alpha value is -3.35. The number of hydrazine groups is 1. The number of carbonyl (C=O) groups is 2. The Morgan fingerprint density at radius 1 is 1.16 bits per heavy atom. The average molecular weight is 338 g/mol. The van der Waals surface area contributed by atoms with Gasteiger partial charge in [0.15, 0.2) is 0 Å². The maximum Gasteiger partial charge on any atom is 0.292 e. The van der Waals surface area contributed by atoms with E-state index in [4.69, 9.17) is 4.74 Å². The molecule has 25 heavy (non-hydrogen) atoms. The lowest BCUT2D eigenvalue weighted by Crippen LogP contribution is -2.57. The molecule has 128 valence electrons. The molecule has 2 amide bonds. The Labute approximate surface area is 145 Å². The molecule has 0 unspecified atom stereocenters. The molecule has 0 saturated heterocycles. The first-order valence-electron chi connectivity index (χ1n) is 7.78. The van der Waals surface area contributed by atoms with Gasteiger partial charge in [-0.2, -0.15) is 0 Å². The van der Waals surface area contributed by atoms with Crippen LogP contribution in [-0.2, 0) is 9.59 Å². The first-order chi connectivity index (χ1) is 12.1. The van der Waals surface area contributed by atoms with Crippen LogP contribution < -0.4 is 20.5 Å². The second-order valence-electron chi connectivity index (χ2n) is 5.43. The predicted octanol–water partition coefficient (Wildman–Crippen LogP) is 1.97. The number of aliphatic imine (C=N–C) groups is 1. The quantitative estimate of drug-likeness (QED) is 0.893. The van der Waals surface area contributed by atoms with E-state index in [9.17, 15) is 9.59 Å². The normalized spacial score (nSPS) is 16.7. The van der Waals surface area contributed by atoms with Crippen molar-refractivity contribution >= 4 is 29.0 Å². The van der Waals surface area contributed by atoms with Crippen molar-refractivity contribution in [3.05, 3.63) is 54.6 Å². The molecule has 1 atom stereocenters. The molecular formula is C18H18N4O3. The van der Waals surface area contributed by atoms with Gasteiger partial charge in [0, 0.05) is 0 Å². The number of hydrogen-bond donors (Lipinski definition) is 2. The van der Waals surface area contributed by atoms with Crippen molar-refractivity contribution in [1.82, 2.24) is 5.43 Å². The average Bonchev–Trinajstić information content (AvgIpc) is 2.65. The molecule has 7 heteroatoms. The SMILES string of the molecule is COc1ccccc1NC(=O)C1=N[C@H](C)C(=O)N(c2ccccc2)N1. The number of nitrogens with one attached hydrogen (secondary N) is 2. The number of nitrogens with zero attached hydrogens (tertiary/aromatic N) is 2. The van der Waals surface area contributed by atoms with Crippen molar-refractivity contribution in [1.29, 1.82) is 0 Å². The molecule has 3 rings (SSSR count). The van der Waals surface area contributed by atoms with Gasteiger partial charge in [0.1, 0.15) is 11.8 Å². The molecule has 0 fully saturated rings. The van der Waals surface area contributed by atoms with Crippen molar-refractivity contribution < 1.29 is 14.3 Å². The van der Waals surface area contributed by atoms with Gasteiger partial charge in [-0.05, 0) is 31.2 Å². The van der Waals surface area contributed by atoms with E-state index < -0.39 is 11.9 Å². The Kier molecular flexibility index (Phi) is 4.65. The molecule has 0 aliphatic carbocycles. The van der Waals surface area contributed by atoms with Gasteiger partial charge in [-0.3, -0.25) is 15.0 Å². The second kappa shape index (κ2) is 7.04. The molecule has 2 aromatic rings. The summed E-state index contributed by atoms with van der Waals surface area (Å²) in [4.78, 5) is 29.1. The standard InChI is InChI=1S/C18H18N4O3/c1-12-18(24)22(13-8-4-3-5-9-13)21-16(19-12)17(23)20-14-10-6-7-11-15(14)25-2/h3-12H,1-2H3,(H,19,21)(H,20,23)/t12-/m1/s1. The maximum absolute atomic E-state index is 12.6. The van der Waals surface area contributed by atoms with E-state index >= 15 is 0 Å². The van der Waals surface area contributed by atoms with Crippen LogP contribution in [0, 0.1) is 0 Å². The number of anilines is 2. The molecule has 0 bridgehead atoms. The lowest BCUT2D eigenvalue weighted by Gasteiger charge is -2.30. The van der Waals surface area contributed by atoms with Crippen molar-refractivity contribution in [3.8, 4) is 5.75 Å². The third-order valence-corrected chi connectivity index (χ3v) is 3.70. The van der Waals surface area contributed by atoms with Crippen LogP contribution in [0.3, 0.4) is 0 Å². The minimum Gasteiger partial charge on any atom is -0.495 e. The fourth-order valence-electron chi connectivity index (χ4n) is 2.43. The van der Waals surface area contributed by atoms with E-state index in [0.29, 0.717) is 17.1 Å². The number of rotatable bonds is 4. The maximum atomic E-state index is 12.6. The summed E-state index contributed by atoms with van der Waals surface area (Å²) < 4.78 is 5.22. The molecule has 1 aliphatic rings. The third-order valence-electron chi connectivity index (χ3n) is 3.70. The topological polar surface area (TPSA) is 83.0 Å². The zero-order valence-electron chi connectivity index (χ0n) is 13.9. The fourth-order valence-corrected chi connectivity index (χ4v) is 2.43. The van der Waals surface area contributed by atoms with E-state index in [1.54, 1.807) is 37.3 Å². The molecule has 0 spiro atoms. The summed E-state index contributed by atoms with van der Waals surface area (Å²) in [5.41, 5.74) is 3.95. The minimum atomic E-state index is -0.667. The highest BCUT2D eigenvalue weighted by molar-refractivity contribution is 6.43. The molecule has 2 N–H and O–H groups in total. The van der Waals surface area contributed by atoms with Crippen LogP contribution >= 0.6 is 0 Å². The zero-order valence-corrected chi connectivity index (χ0v) is 13.9. The molecule has 0 radical (unpaired) electrons. The largest absolute Gasteiger partial charge is 0.495 e. The lowest BCUT2D eigenvalue weighted by atomic mass is 10.2. The molecule has 2 aromatic carbocycles.